The average molecular weight is 346 g/mol. The van der Waals surface area contributed by atoms with Crippen LogP contribution in [0, 0.1) is 22.5 Å². The Morgan fingerprint density at radius 1 is 1.36 bits per heavy atom. The van der Waals surface area contributed by atoms with Gasteiger partial charge >= 0.3 is 5.97 Å². The molecule has 0 saturated carbocycles. The Morgan fingerprint density at radius 2 is 2.04 bits per heavy atom. The summed E-state index contributed by atoms with van der Waals surface area (Å²) in [7, 11) is 0. The third kappa shape index (κ3) is 5.02. The minimum Gasteiger partial charge on any atom is -0.452 e. The number of amides is 1. The summed E-state index contributed by atoms with van der Waals surface area (Å²) in [6.45, 7) is 1.38. The van der Waals surface area contributed by atoms with E-state index in [1.54, 1.807) is 6.07 Å². The van der Waals surface area contributed by atoms with Gasteiger partial charge in [-0.2, -0.15) is 0 Å². The maximum Gasteiger partial charge on any atom is 0.313 e. The van der Waals surface area contributed by atoms with E-state index in [1.807, 2.05) is 0 Å². The Balaban J connectivity index is 2.14. The molecule has 2 rings (SSSR count). The molecule has 1 aliphatic rings. The highest BCUT2D eigenvalue weighted by molar-refractivity contribution is 5.97. The zero-order valence-electron chi connectivity index (χ0n) is 13.7. The van der Waals surface area contributed by atoms with Gasteiger partial charge in [0, 0.05) is 18.9 Å². The number of para-hydroxylation sites is 2. The van der Waals surface area contributed by atoms with E-state index in [0.29, 0.717) is 0 Å². The molecule has 0 bridgehead atoms. The number of nitrogens with zero attached hydrogens (tertiary/aromatic N) is 1. The number of nitro benzene ring substituents is 1. The summed E-state index contributed by atoms with van der Waals surface area (Å²) in [6.07, 6.45) is 6.86. The number of hydrogen-bond donors (Lipinski definition) is 2. The van der Waals surface area contributed by atoms with Crippen LogP contribution in [0.25, 0.3) is 0 Å². The van der Waals surface area contributed by atoms with Gasteiger partial charge in [0.15, 0.2) is 12.6 Å². The highest BCUT2D eigenvalue weighted by atomic mass is 16.6. The molecular weight excluding hydrogens is 326 g/mol. The number of anilines is 1. The molecule has 25 heavy (non-hydrogen) atoms. The van der Waals surface area contributed by atoms with Gasteiger partial charge in [-0.05, 0) is 6.07 Å². The molecule has 8 heteroatoms. The number of nitrogens with one attached hydrogen (secondary N) is 2. The standard InChI is InChI=1S/C17H19N3O5/c1-2-11-25-16(21)12-15(19-9-5-6-10-19)17(22)18-13-7-3-4-8-14(13)20(23)24/h1,3-4,7-8,15H,5-6,9-12H2,(H,18,22)/p+1/t15-/m1/s1. The summed E-state index contributed by atoms with van der Waals surface area (Å²) < 4.78 is 4.87. The van der Waals surface area contributed by atoms with Gasteiger partial charge in [-0.1, -0.05) is 18.1 Å². The Labute approximate surface area is 145 Å². The molecule has 1 aromatic rings. The molecule has 1 atom stereocenters. The van der Waals surface area contributed by atoms with Crippen molar-refractivity contribution in [3.05, 3.63) is 34.4 Å². The van der Waals surface area contributed by atoms with Gasteiger partial charge in [0.25, 0.3) is 11.6 Å². The van der Waals surface area contributed by atoms with E-state index in [0.717, 1.165) is 30.8 Å². The Bertz CT molecular complexity index is 692. The number of carbonyl (C=O) groups excluding carboxylic acids is 2. The van der Waals surface area contributed by atoms with Crippen LogP contribution in [0.5, 0.6) is 0 Å². The van der Waals surface area contributed by atoms with Crippen LogP contribution in [0.15, 0.2) is 24.3 Å². The number of quaternary nitrogens is 1. The molecule has 1 saturated heterocycles. The second kappa shape index (κ2) is 8.80. The first kappa shape index (κ1) is 18.4. The highest BCUT2D eigenvalue weighted by Crippen LogP contribution is 2.23. The predicted molar refractivity (Wildman–Crippen MR) is 89.9 cm³/mol. The third-order valence-corrected chi connectivity index (χ3v) is 4.10. The number of carbonyl (C=O) groups is 2. The first-order valence-corrected chi connectivity index (χ1v) is 8.01. The second-order valence-corrected chi connectivity index (χ2v) is 5.75. The second-order valence-electron chi connectivity index (χ2n) is 5.75. The molecule has 0 spiro atoms. The fourth-order valence-corrected chi connectivity index (χ4v) is 2.91. The van der Waals surface area contributed by atoms with E-state index < -0.39 is 22.8 Å². The predicted octanol–water partition coefficient (Wildman–Crippen LogP) is 0.147. The number of nitro groups is 1. The van der Waals surface area contributed by atoms with Gasteiger partial charge in [-0.15, -0.1) is 6.42 Å². The lowest BCUT2D eigenvalue weighted by Gasteiger charge is -2.22. The van der Waals surface area contributed by atoms with E-state index in [9.17, 15) is 19.7 Å². The van der Waals surface area contributed by atoms with E-state index in [2.05, 4.69) is 11.2 Å². The summed E-state index contributed by atoms with van der Waals surface area (Å²) in [5, 5.41) is 13.7. The molecule has 1 aliphatic heterocycles. The van der Waals surface area contributed by atoms with Crippen LogP contribution in [-0.4, -0.2) is 42.5 Å². The number of hydrogen-bond acceptors (Lipinski definition) is 5. The van der Waals surface area contributed by atoms with Crippen molar-refractivity contribution in [3.63, 3.8) is 0 Å². The molecule has 0 radical (unpaired) electrons. The molecule has 2 N–H and O–H groups in total. The largest absolute Gasteiger partial charge is 0.452 e. The number of terminal acetylenes is 1. The van der Waals surface area contributed by atoms with Crippen molar-refractivity contribution in [2.24, 2.45) is 0 Å². The van der Waals surface area contributed by atoms with Crippen LogP contribution < -0.4 is 10.2 Å². The first-order chi connectivity index (χ1) is 12.0. The van der Waals surface area contributed by atoms with Crippen LogP contribution in [0.1, 0.15) is 19.3 Å². The van der Waals surface area contributed by atoms with E-state index in [4.69, 9.17) is 11.2 Å². The minimum absolute atomic E-state index is 0.109. The molecule has 1 heterocycles. The number of benzene rings is 1. The van der Waals surface area contributed by atoms with Crippen molar-refractivity contribution in [1.82, 2.24) is 0 Å². The number of likely N-dealkylation sites (tertiary alicyclic amines) is 1. The quantitative estimate of drug-likeness (QED) is 0.317. The molecule has 132 valence electrons. The zero-order chi connectivity index (χ0) is 18.2. The molecule has 0 aromatic heterocycles. The van der Waals surface area contributed by atoms with Gasteiger partial charge in [0.1, 0.15) is 12.1 Å². The van der Waals surface area contributed by atoms with Crippen molar-refractivity contribution in [1.29, 1.82) is 0 Å². The van der Waals surface area contributed by atoms with E-state index in [-0.39, 0.29) is 24.4 Å². The van der Waals surface area contributed by atoms with E-state index >= 15 is 0 Å². The molecule has 1 amide bonds. The summed E-state index contributed by atoms with van der Waals surface area (Å²) in [5.41, 5.74) is -0.0842. The van der Waals surface area contributed by atoms with Gasteiger partial charge < -0.3 is 15.0 Å². The fraction of sp³-hybridized carbons (Fsp3) is 0.412. The Kier molecular flexibility index (Phi) is 6.48. The lowest BCUT2D eigenvalue weighted by molar-refractivity contribution is -0.903. The van der Waals surface area contributed by atoms with Crippen molar-refractivity contribution in [2.75, 3.05) is 25.0 Å². The lowest BCUT2D eigenvalue weighted by atomic mass is 10.1. The number of ether oxygens (including phenoxy) is 1. The molecular formula is C17H20N3O5+. The molecule has 0 aliphatic carbocycles. The first-order valence-electron chi connectivity index (χ1n) is 8.01. The molecule has 0 unspecified atom stereocenters. The van der Waals surface area contributed by atoms with Crippen LogP contribution in [0.2, 0.25) is 0 Å². The van der Waals surface area contributed by atoms with Crippen LogP contribution >= 0.6 is 0 Å². The topological polar surface area (TPSA) is 103 Å². The maximum atomic E-state index is 12.7. The van der Waals surface area contributed by atoms with Gasteiger partial charge in [0.05, 0.1) is 18.0 Å². The molecule has 1 aromatic carbocycles. The van der Waals surface area contributed by atoms with Crippen LogP contribution in [0.4, 0.5) is 11.4 Å². The SMILES string of the molecule is C#CCOC(=O)C[C@H](C(=O)Nc1ccccc1[N+](=O)[O-])[NH+]1CCCC1. The van der Waals surface area contributed by atoms with Crippen molar-refractivity contribution in [2.45, 2.75) is 25.3 Å². The monoisotopic (exact) mass is 346 g/mol. The summed E-state index contributed by atoms with van der Waals surface area (Å²) in [5.74, 6) is 1.21. The maximum absolute atomic E-state index is 12.7. The summed E-state index contributed by atoms with van der Waals surface area (Å²) >= 11 is 0. The minimum atomic E-state index is -0.674. The van der Waals surface area contributed by atoms with E-state index in [1.165, 1.54) is 18.2 Å². The summed E-state index contributed by atoms with van der Waals surface area (Å²) in [4.78, 5) is 36.0. The smallest absolute Gasteiger partial charge is 0.313 e. The Hall–Kier alpha value is -2.92. The average Bonchev–Trinajstić information content (AvgIpc) is 3.12. The van der Waals surface area contributed by atoms with Gasteiger partial charge in [-0.3, -0.25) is 19.7 Å². The Morgan fingerprint density at radius 3 is 2.68 bits per heavy atom. The highest BCUT2D eigenvalue weighted by Gasteiger charge is 2.35. The van der Waals surface area contributed by atoms with Crippen molar-refractivity contribution < 1.29 is 24.1 Å². The fourth-order valence-electron chi connectivity index (χ4n) is 2.91. The van der Waals surface area contributed by atoms with Crippen molar-refractivity contribution >= 4 is 23.3 Å². The van der Waals surface area contributed by atoms with Gasteiger partial charge in [-0.25, -0.2) is 0 Å². The van der Waals surface area contributed by atoms with Crippen LogP contribution in [-0.2, 0) is 14.3 Å². The molecule has 8 nitrogen and oxygen atoms in total. The summed E-state index contributed by atoms with van der Waals surface area (Å²) in [6, 6.07) is 5.22. The molecule has 1 fully saturated rings. The third-order valence-electron chi connectivity index (χ3n) is 4.10. The zero-order valence-corrected chi connectivity index (χ0v) is 13.7. The van der Waals surface area contributed by atoms with Crippen molar-refractivity contribution in [3.8, 4) is 12.3 Å². The normalized spacial score (nSPS) is 15.2. The van der Waals surface area contributed by atoms with Crippen LogP contribution in [0.3, 0.4) is 0 Å². The number of esters is 1. The van der Waals surface area contributed by atoms with Gasteiger partial charge in [0.2, 0.25) is 0 Å². The number of rotatable bonds is 7. The lowest BCUT2D eigenvalue weighted by Crippen LogP contribution is -3.15.